The molecule has 2 aromatic rings. The van der Waals surface area contributed by atoms with Crippen molar-refractivity contribution >= 4 is 23.5 Å². The Morgan fingerprint density at radius 1 is 1.21 bits per heavy atom. The summed E-state index contributed by atoms with van der Waals surface area (Å²) in [4.78, 5) is 51.6. The number of nitrogens with zero attached hydrogens (tertiary/aromatic N) is 3. The number of piperidine rings is 1. The van der Waals surface area contributed by atoms with Crippen LogP contribution < -0.4 is 10.9 Å². The van der Waals surface area contributed by atoms with Gasteiger partial charge in [0.15, 0.2) is 0 Å². The van der Waals surface area contributed by atoms with Crippen LogP contribution in [-0.2, 0) is 20.9 Å². The molecule has 178 valence electrons. The number of likely N-dealkylation sites (tertiary alicyclic amines) is 1. The van der Waals surface area contributed by atoms with E-state index in [0.29, 0.717) is 48.6 Å². The Labute approximate surface area is 197 Å². The van der Waals surface area contributed by atoms with Gasteiger partial charge in [-0.25, -0.2) is 0 Å². The van der Waals surface area contributed by atoms with Crippen molar-refractivity contribution in [3.05, 3.63) is 63.1 Å². The predicted octanol–water partition coefficient (Wildman–Crippen LogP) is 2.39. The number of nitriles is 1. The fraction of sp³-hybridized carbons (Fsp3) is 0.400. The lowest BCUT2D eigenvalue weighted by Gasteiger charge is -2.31. The van der Waals surface area contributed by atoms with Crippen LogP contribution in [0.1, 0.15) is 46.9 Å². The monoisotopic (exact) mass is 464 g/mol. The summed E-state index contributed by atoms with van der Waals surface area (Å²) < 4.78 is 6.35. The molecule has 1 saturated heterocycles. The highest BCUT2D eigenvalue weighted by Crippen LogP contribution is 2.21. The molecule has 9 nitrogen and oxygen atoms in total. The molecule has 34 heavy (non-hydrogen) atoms. The number of anilines is 1. The van der Waals surface area contributed by atoms with E-state index in [1.54, 1.807) is 56.0 Å². The Bertz CT molecular complexity index is 1190. The molecule has 9 heteroatoms. The second kappa shape index (κ2) is 10.8. The Hall–Kier alpha value is -3.93. The summed E-state index contributed by atoms with van der Waals surface area (Å²) in [7, 11) is 0. The highest BCUT2D eigenvalue weighted by molar-refractivity contribution is 5.96. The van der Waals surface area contributed by atoms with Crippen molar-refractivity contribution in [2.45, 2.75) is 40.2 Å². The molecule has 0 bridgehead atoms. The van der Waals surface area contributed by atoms with Crippen LogP contribution in [0.4, 0.5) is 5.69 Å². The normalized spacial score (nSPS) is 15.4. The van der Waals surface area contributed by atoms with Crippen LogP contribution in [-0.4, -0.2) is 46.9 Å². The third kappa shape index (κ3) is 5.52. The fourth-order valence-corrected chi connectivity index (χ4v) is 4.10. The van der Waals surface area contributed by atoms with E-state index in [2.05, 4.69) is 5.32 Å². The maximum absolute atomic E-state index is 12.9. The number of aromatic nitrogens is 1. The summed E-state index contributed by atoms with van der Waals surface area (Å²) in [6, 6.07) is 10.0. The van der Waals surface area contributed by atoms with Gasteiger partial charge in [0.25, 0.3) is 11.5 Å². The van der Waals surface area contributed by atoms with Crippen LogP contribution in [0.25, 0.3) is 0 Å². The van der Waals surface area contributed by atoms with E-state index in [0.717, 1.165) is 6.42 Å². The van der Waals surface area contributed by atoms with Crippen LogP contribution in [0.15, 0.2) is 35.1 Å². The third-order valence-corrected chi connectivity index (χ3v) is 5.86. The number of nitrogens with one attached hydrogen (secondary N) is 1. The van der Waals surface area contributed by atoms with E-state index in [4.69, 9.17) is 4.74 Å². The summed E-state index contributed by atoms with van der Waals surface area (Å²) in [6.45, 7) is 6.12. The van der Waals surface area contributed by atoms with Gasteiger partial charge in [-0.2, -0.15) is 5.26 Å². The maximum atomic E-state index is 12.9. The molecule has 1 atom stereocenters. The van der Waals surface area contributed by atoms with Crippen LogP contribution in [0.2, 0.25) is 0 Å². The summed E-state index contributed by atoms with van der Waals surface area (Å²) >= 11 is 0. The van der Waals surface area contributed by atoms with Gasteiger partial charge in [0.1, 0.15) is 18.2 Å². The average Bonchev–Trinajstić information content (AvgIpc) is 2.82. The number of rotatable bonds is 6. The third-order valence-electron chi connectivity index (χ3n) is 5.86. The highest BCUT2D eigenvalue weighted by Gasteiger charge is 2.29. The number of esters is 1. The van der Waals surface area contributed by atoms with E-state index in [1.807, 2.05) is 6.07 Å². The number of carbonyl (C=O) groups excluding carboxylic acids is 3. The molecule has 1 aromatic heterocycles. The van der Waals surface area contributed by atoms with E-state index < -0.39 is 11.5 Å². The van der Waals surface area contributed by atoms with E-state index in [1.165, 1.54) is 4.57 Å². The van der Waals surface area contributed by atoms with Crippen molar-refractivity contribution in [1.29, 1.82) is 5.26 Å². The SMILES string of the molecule is CCOC(=O)[C@@H]1CCCN(C(=O)c2ccc(NC(=O)Cn3c(C)cc(C)c(C#N)c3=O)cc2)C1. The molecule has 0 saturated carbocycles. The molecular formula is C25H28N4O5. The highest BCUT2D eigenvalue weighted by atomic mass is 16.5. The average molecular weight is 465 g/mol. The first-order valence-corrected chi connectivity index (χ1v) is 11.2. The molecule has 1 N–H and O–H groups in total. The van der Waals surface area contributed by atoms with Crippen molar-refractivity contribution in [3.8, 4) is 6.07 Å². The lowest BCUT2D eigenvalue weighted by atomic mass is 9.97. The molecule has 1 aliphatic rings. The molecule has 1 fully saturated rings. The molecule has 1 aromatic carbocycles. The van der Waals surface area contributed by atoms with Gasteiger partial charge in [0, 0.05) is 30.0 Å². The number of aryl methyl sites for hydroxylation is 2. The van der Waals surface area contributed by atoms with Gasteiger partial charge < -0.3 is 19.5 Å². The zero-order valence-corrected chi connectivity index (χ0v) is 19.6. The van der Waals surface area contributed by atoms with Crippen molar-refractivity contribution in [1.82, 2.24) is 9.47 Å². The number of carbonyl (C=O) groups is 3. The Morgan fingerprint density at radius 3 is 2.56 bits per heavy atom. The smallest absolute Gasteiger partial charge is 0.310 e. The number of pyridine rings is 1. The number of hydrogen-bond donors (Lipinski definition) is 1. The van der Waals surface area contributed by atoms with Crippen LogP contribution >= 0.6 is 0 Å². The van der Waals surface area contributed by atoms with Crippen LogP contribution in [0.5, 0.6) is 0 Å². The first kappa shape index (κ1) is 24.7. The lowest BCUT2D eigenvalue weighted by Crippen LogP contribution is -2.42. The largest absolute Gasteiger partial charge is 0.466 e. The van der Waals surface area contributed by atoms with Crippen molar-refractivity contribution in [3.63, 3.8) is 0 Å². The molecule has 0 aliphatic carbocycles. The molecule has 2 amide bonds. The first-order valence-electron chi connectivity index (χ1n) is 11.2. The predicted molar refractivity (Wildman–Crippen MR) is 125 cm³/mol. The fourth-order valence-electron chi connectivity index (χ4n) is 4.10. The van der Waals surface area contributed by atoms with E-state index in [-0.39, 0.29) is 29.9 Å². The Balaban J connectivity index is 1.64. The molecule has 0 spiro atoms. The number of benzene rings is 1. The van der Waals surface area contributed by atoms with Crippen molar-refractivity contribution < 1.29 is 19.1 Å². The van der Waals surface area contributed by atoms with Gasteiger partial charge in [-0.05, 0) is 69.5 Å². The quantitative estimate of drug-likeness (QED) is 0.655. The molecule has 3 rings (SSSR count). The van der Waals surface area contributed by atoms with Gasteiger partial charge in [-0.1, -0.05) is 0 Å². The summed E-state index contributed by atoms with van der Waals surface area (Å²) in [6.07, 6.45) is 1.43. The molecule has 0 unspecified atom stereocenters. The zero-order valence-electron chi connectivity index (χ0n) is 19.6. The zero-order chi connectivity index (χ0) is 24.8. The number of hydrogen-bond acceptors (Lipinski definition) is 6. The van der Waals surface area contributed by atoms with Gasteiger partial charge in [-0.3, -0.25) is 19.2 Å². The minimum atomic E-state index is -0.501. The number of amides is 2. The summed E-state index contributed by atoms with van der Waals surface area (Å²) in [5.41, 5.74) is 1.60. The first-order chi connectivity index (χ1) is 16.2. The van der Waals surface area contributed by atoms with Crippen molar-refractivity contribution in [2.75, 3.05) is 25.0 Å². The Kier molecular flexibility index (Phi) is 7.84. The maximum Gasteiger partial charge on any atom is 0.310 e. The van der Waals surface area contributed by atoms with E-state index in [9.17, 15) is 24.4 Å². The topological polar surface area (TPSA) is 122 Å². The summed E-state index contributed by atoms with van der Waals surface area (Å²) in [5, 5.41) is 11.9. The standard InChI is InChI=1S/C25H28N4O5/c1-4-34-25(33)19-6-5-11-28(14-19)23(31)18-7-9-20(10-8-18)27-22(30)15-29-17(3)12-16(2)21(13-26)24(29)32/h7-10,12,19H,4-6,11,14-15H2,1-3H3,(H,27,30)/t19-/m1/s1. The lowest BCUT2D eigenvalue weighted by molar-refractivity contribution is -0.149. The number of ether oxygens (including phenoxy) is 1. The van der Waals surface area contributed by atoms with Crippen LogP contribution in [0.3, 0.4) is 0 Å². The van der Waals surface area contributed by atoms with Crippen LogP contribution in [0, 0.1) is 31.1 Å². The molecular weight excluding hydrogens is 436 g/mol. The summed E-state index contributed by atoms with van der Waals surface area (Å²) in [5.74, 6) is -1.20. The molecule has 1 aliphatic heterocycles. The van der Waals surface area contributed by atoms with Gasteiger partial charge in [0.05, 0.1) is 12.5 Å². The minimum absolute atomic E-state index is 0.0178. The van der Waals surface area contributed by atoms with Crippen molar-refractivity contribution in [2.24, 2.45) is 5.92 Å². The molecule has 0 radical (unpaired) electrons. The van der Waals surface area contributed by atoms with Gasteiger partial charge in [-0.15, -0.1) is 0 Å². The Morgan fingerprint density at radius 2 is 1.91 bits per heavy atom. The minimum Gasteiger partial charge on any atom is -0.466 e. The van der Waals surface area contributed by atoms with E-state index >= 15 is 0 Å². The molecule has 2 heterocycles. The second-order valence-corrected chi connectivity index (χ2v) is 8.31. The second-order valence-electron chi connectivity index (χ2n) is 8.31. The van der Waals surface area contributed by atoms with Gasteiger partial charge in [0.2, 0.25) is 5.91 Å². The van der Waals surface area contributed by atoms with Gasteiger partial charge >= 0.3 is 5.97 Å².